The molecule has 0 fully saturated rings. The van der Waals surface area contributed by atoms with Crippen molar-refractivity contribution in [3.05, 3.63) is 29.8 Å². The number of anilines is 1. The molecule has 0 aliphatic heterocycles. The number of halogens is 2. The zero-order chi connectivity index (χ0) is 9.84. The molecule has 0 radical (unpaired) electrons. The quantitative estimate of drug-likeness (QED) is 0.697. The molecule has 74 valence electrons. The van der Waals surface area contributed by atoms with Gasteiger partial charge < -0.3 is 0 Å². The molecule has 13 heavy (non-hydrogen) atoms. The fraction of sp³-hybridized carbons (Fsp3) is 0.222. The minimum atomic E-state index is -1.03. The SMILES string of the molecule is CN(C)c1ccccc1[CH]=[Ru]([Br])[Br]. The fourth-order valence-electron chi connectivity index (χ4n) is 1.06. The Morgan fingerprint density at radius 2 is 1.85 bits per heavy atom. The van der Waals surface area contributed by atoms with Crippen molar-refractivity contribution in [2.45, 2.75) is 0 Å². The second-order valence-electron chi connectivity index (χ2n) is 2.76. The molecule has 0 aliphatic rings. The minimum absolute atomic E-state index is 1.03. The van der Waals surface area contributed by atoms with E-state index in [0.717, 1.165) is 0 Å². The van der Waals surface area contributed by atoms with Gasteiger partial charge in [-0.05, 0) is 0 Å². The van der Waals surface area contributed by atoms with Crippen LogP contribution in [0.15, 0.2) is 24.3 Å². The van der Waals surface area contributed by atoms with Crippen LogP contribution >= 0.6 is 27.2 Å². The molecule has 1 nitrogen and oxygen atoms in total. The first-order chi connectivity index (χ1) is 6.11. The summed E-state index contributed by atoms with van der Waals surface area (Å²) in [5.41, 5.74) is 2.56. The van der Waals surface area contributed by atoms with Crippen molar-refractivity contribution in [1.29, 1.82) is 0 Å². The normalized spacial score (nSPS) is 10.9. The van der Waals surface area contributed by atoms with E-state index in [1.165, 1.54) is 11.3 Å². The average Bonchev–Trinajstić information content (AvgIpc) is 2.03. The summed E-state index contributed by atoms with van der Waals surface area (Å²) in [5.74, 6) is 0. The Kier molecular flexibility index (Phi) is 4.78. The van der Waals surface area contributed by atoms with Crippen molar-refractivity contribution >= 4 is 37.5 Å². The van der Waals surface area contributed by atoms with Crippen LogP contribution in [-0.2, 0) is 11.6 Å². The fourth-order valence-corrected chi connectivity index (χ4v) is 3.96. The molecule has 0 saturated carbocycles. The molecule has 1 rings (SSSR count). The van der Waals surface area contributed by atoms with Gasteiger partial charge in [-0.15, -0.1) is 0 Å². The average molecular weight is 394 g/mol. The van der Waals surface area contributed by atoms with Crippen LogP contribution in [0, 0.1) is 0 Å². The Morgan fingerprint density at radius 3 is 2.38 bits per heavy atom. The molecule has 1 aromatic rings. The predicted octanol–water partition coefficient (Wildman–Crippen LogP) is 3.14. The Morgan fingerprint density at radius 1 is 1.23 bits per heavy atom. The van der Waals surface area contributed by atoms with Crippen LogP contribution in [0.1, 0.15) is 5.56 Å². The maximum atomic E-state index is 3.58. The zero-order valence-corrected chi connectivity index (χ0v) is 12.4. The molecule has 0 bridgehead atoms. The summed E-state index contributed by atoms with van der Waals surface area (Å²) in [6.45, 7) is 0. The summed E-state index contributed by atoms with van der Waals surface area (Å²) >= 11 is 6.13. The van der Waals surface area contributed by atoms with Crippen LogP contribution in [0.3, 0.4) is 0 Å². The summed E-state index contributed by atoms with van der Waals surface area (Å²) in [6, 6.07) is 8.39. The number of benzene rings is 1. The van der Waals surface area contributed by atoms with E-state index >= 15 is 0 Å². The monoisotopic (exact) mass is 393 g/mol. The first-order valence-electron chi connectivity index (χ1n) is 3.71. The van der Waals surface area contributed by atoms with Crippen LogP contribution in [0.5, 0.6) is 0 Å². The van der Waals surface area contributed by atoms with Gasteiger partial charge >= 0.3 is 97.9 Å². The van der Waals surface area contributed by atoms with Gasteiger partial charge in [-0.3, -0.25) is 0 Å². The second-order valence-corrected chi connectivity index (χ2v) is 15.9. The van der Waals surface area contributed by atoms with E-state index in [9.17, 15) is 0 Å². The van der Waals surface area contributed by atoms with E-state index < -0.39 is 11.6 Å². The standard InChI is InChI=1S/C9H11N.2BrH.Ru/c1-8-6-4-5-7-9(8)10(2)3;;;/h1,4-7H,2-3H3;2*1H;/q;;;+2/p-2. The Balaban J connectivity index is 3.12. The summed E-state index contributed by atoms with van der Waals surface area (Å²) in [7, 11) is 4.12. The topological polar surface area (TPSA) is 3.24 Å². The summed E-state index contributed by atoms with van der Waals surface area (Å²) in [4.78, 5) is 2.13. The summed E-state index contributed by atoms with van der Waals surface area (Å²) in [6.07, 6.45) is 0. The van der Waals surface area contributed by atoms with E-state index in [-0.39, 0.29) is 0 Å². The van der Waals surface area contributed by atoms with Gasteiger partial charge in [0.2, 0.25) is 0 Å². The van der Waals surface area contributed by atoms with Gasteiger partial charge in [0.25, 0.3) is 0 Å². The van der Waals surface area contributed by atoms with E-state index in [1.54, 1.807) is 0 Å². The van der Waals surface area contributed by atoms with Gasteiger partial charge in [0.05, 0.1) is 0 Å². The molecular formula is C9H11Br2NRu. The van der Waals surface area contributed by atoms with Crippen molar-refractivity contribution in [1.82, 2.24) is 0 Å². The van der Waals surface area contributed by atoms with Gasteiger partial charge in [-0.25, -0.2) is 0 Å². The number of nitrogens with zero attached hydrogens (tertiary/aromatic N) is 1. The Labute approximate surface area is 97.3 Å². The number of para-hydroxylation sites is 1. The Hall–Kier alpha value is 0.473. The molecule has 0 heterocycles. The molecule has 0 saturated heterocycles. The third-order valence-electron chi connectivity index (χ3n) is 1.61. The van der Waals surface area contributed by atoms with E-state index in [1.807, 2.05) is 0 Å². The zero-order valence-electron chi connectivity index (χ0n) is 7.44. The van der Waals surface area contributed by atoms with Crippen molar-refractivity contribution in [3.8, 4) is 0 Å². The van der Waals surface area contributed by atoms with E-state index in [4.69, 9.17) is 0 Å². The molecule has 0 spiro atoms. The summed E-state index contributed by atoms with van der Waals surface area (Å²) in [5, 5.41) is 0. The van der Waals surface area contributed by atoms with Crippen molar-refractivity contribution in [2.75, 3.05) is 19.0 Å². The molecule has 0 amide bonds. The van der Waals surface area contributed by atoms with Gasteiger partial charge in [-0.2, -0.15) is 0 Å². The third-order valence-corrected chi connectivity index (χ3v) is 4.44. The predicted molar refractivity (Wildman–Crippen MR) is 63.8 cm³/mol. The third kappa shape index (κ3) is 3.61. The van der Waals surface area contributed by atoms with Crippen LogP contribution < -0.4 is 4.90 Å². The molecule has 0 aliphatic carbocycles. The molecule has 1 aromatic carbocycles. The van der Waals surface area contributed by atoms with Crippen LogP contribution in [-0.4, -0.2) is 18.7 Å². The molecule has 0 atom stereocenters. The van der Waals surface area contributed by atoms with Gasteiger partial charge in [0.15, 0.2) is 0 Å². The number of rotatable bonds is 2. The molecule has 0 aromatic heterocycles. The summed E-state index contributed by atoms with van der Waals surface area (Å²) < 4.78 is 2.26. The van der Waals surface area contributed by atoms with E-state index in [2.05, 4.69) is 75.1 Å². The van der Waals surface area contributed by atoms with Crippen LogP contribution in [0.25, 0.3) is 0 Å². The first kappa shape index (κ1) is 11.5. The molecule has 4 heteroatoms. The van der Waals surface area contributed by atoms with Gasteiger partial charge in [0.1, 0.15) is 0 Å². The second kappa shape index (κ2) is 5.38. The molecule has 0 unspecified atom stereocenters. The first-order valence-corrected chi connectivity index (χ1v) is 12.7. The number of hydrogen-bond acceptors (Lipinski definition) is 1. The van der Waals surface area contributed by atoms with E-state index in [0.29, 0.717) is 0 Å². The molecular weight excluding hydrogens is 383 g/mol. The number of hydrogen-bond donors (Lipinski definition) is 0. The van der Waals surface area contributed by atoms with Crippen molar-refractivity contribution in [2.24, 2.45) is 0 Å². The van der Waals surface area contributed by atoms with Crippen LogP contribution in [0.2, 0.25) is 0 Å². The molecule has 0 N–H and O–H groups in total. The van der Waals surface area contributed by atoms with Gasteiger partial charge in [0, 0.05) is 0 Å². The van der Waals surface area contributed by atoms with Gasteiger partial charge in [-0.1, -0.05) is 0 Å². The Bertz CT molecular complexity index is 319. The maximum absolute atomic E-state index is 3.58. The van der Waals surface area contributed by atoms with Crippen molar-refractivity contribution < 1.29 is 11.6 Å². The van der Waals surface area contributed by atoms with Crippen LogP contribution in [0.4, 0.5) is 5.69 Å². The van der Waals surface area contributed by atoms with Crippen molar-refractivity contribution in [3.63, 3.8) is 0 Å².